The van der Waals surface area contributed by atoms with Gasteiger partial charge in [-0.1, -0.05) is 36.7 Å². The summed E-state index contributed by atoms with van der Waals surface area (Å²) in [5, 5.41) is 3.25. The number of carbonyl (C=O) groups excluding carboxylic acids is 1. The van der Waals surface area contributed by atoms with Gasteiger partial charge in [-0.05, 0) is 42.9 Å². The molecule has 2 saturated carbocycles. The van der Waals surface area contributed by atoms with Crippen molar-refractivity contribution in [1.82, 2.24) is 5.32 Å². The molecule has 0 saturated heterocycles. The number of alkyl halides is 1. The van der Waals surface area contributed by atoms with Crippen molar-refractivity contribution in [2.45, 2.75) is 57.8 Å². The molecule has 4 unspecified atom stereocenters. The minimum absolute atomic E-state index is 0.0916. The number of nitrogens with one attached hydrogen (secondary N) is 1. The Morgan fingerprint density at radius 3 is 2.50 bits per heavy atom. The van der Waals surface area contributed by atoms with E-state index in [0.29, 0.717) is 11.5 Å². The predicted octanol–water partition coefficient (Wildman–Crippen LogP) is 3.10. The minimum Gasteiger partial charge on any atom is -0.351 e. The average Bonchev–Trinajstić information content (AvgIpc) is 2.63. The molecule has 0 radical (unpaired) electrons. The maximum atomic E-state index is 11.8. The number of carbonyl (C=O) groups is 1. The molecule has 4 atom stereocenters. The van der Waals surface area contributed by atoms with Crippen LogP contribution >= 0.6 is 15.9 Å². The van der Waals surface area contributed by atoms with E-state index in [-0.39, 0.29) is 16.1 Å². The SMILES string of the molecule is CC(Br)C(=O)NC1C2(C)CCC(C2)C1(C)C. The zero-order valence-corrected chi connectivity index (χ0v) is 12.2. The van der Waals surface area contributed by atoms with Crippen LogP contribution in [-0.4, -0.2) is 16.8 Å². The molecule has 0 heterocycles. The van der Waals surface area contributed by atoms with Crippen LogP contribution in [0.25, 0.3) is 0 Å². The Morgan fingerprint density at radius 2 is 2.06 bits per heavy atom. The van der Waals surface area contributed by atoms with Gasteiger partial charge in [0, 0.05) is 6.04 Å². The van der Waals surface area contributed by atoms with E-state index in [9.17, 15) is 4.79 Å². The highest BCUT2D eigenvalue weighted by Gasteiger charge is 2.59. The first-order valence-corrected chi connectivity index (χ1v) is 7.13. The van der Waals surface area contributed by atoms with E-state index >= 15 is 0 Å². The van der Waals surface area contributed by atoms with Gasteiger partial charge >= 0.3 is 0 Å². The van der Waals surface area contributed by atoms with Gasteiger partial charge in [0.05, 0.1) is 4.83 Å². The zero-order chi connectivity index (χ0) is 12.1. The molecular formula is C13H22BrNO. The monoisotopic (exact) mass is 287 g/mol. The molecule has 2 aliphatic rings. The van der Waals surface area contributed by atoms with Crippen LogP contribution in [0.4, 0.5) is 0 Å². The summed E-state index contributed by atoms with van der Waals surface area (Å²) >= 11 is 3.34. The summed E-state index contributed by atoms with van der Waals surface area (Å²) < 4.78 is 0. The standard InChI is InChI=1S/C13H22BrNO/c1-8(14)10(16)15-11-12(2,3)9-5-6-13(11,4)7-9/h8-9,11H,5-7H2,1-4H3,(H,15,16). The molecular weight excluding hydrogens is 266 g/mol. The first-order chi connectivity index (χ1) is 7.27. The Bertz CT molecular complexity index is 308. The lowest BCUT2D eigenvalue weighted by molar-refractivity contribution is -0.122. The summed E-state index contributed by atoms with van der Waals surface area (Å²) in [4.78, 5) is 11.8. The number of halogens is 1. The first kappa shape index (κ1) is 12.4. The average molecular weight is 288 g/mol. The third kappa shape index (κ3) is 1.71. The van der Waals surface area contributed by atoms with Crippen molar-refractivity contribution < 1.29 is 4.79 Å². The highest BCUT2D eigenvalue weighted by atomic mass is 79.9. The summed E-state index contributed by atoms with van der Waals surface area (Å²) in [6, 6.07) is 0.339. The topological polar surface area (TPSA) is 29.1 Å². The van der Waals surface area contributed by atoms with Gasteiger partial charge in [-0.25, -0.2) is 0 Å². The summed E-state index contributed by atoms with van der Waals surface area (Å²) in [6.07, 6.45) is 3.88. The summed E-state index contributed by atoms with van der Waals surface area (Å²) in [7, 11) is 0. The second kappa shape index (κ2) is 3.72. The van der Waals surface area contributed by atoms with Crippen molar-refractivity contribution in [3.63, 3.8) is 0 Å². The van der Waals surface area contributed by atoms with Gasteiger partial charge in [0.15, 0.2) is 0 Å². The van der Waals surface area contributed by atoms with Crippen molar-refractivity contribution in [3.05, 3.63) is 0 Å². The van der Waals surface area contributed by atoms with Crippen LogP contribution in [0.3, 0.4) is 0 Å². The Labute approximate surface area is 107 Å². The quantitative estimate of drug-likeness (QED) is 0.777. The Morgan fingerprint density at radius 1 is 1.44 bits per heavy atom. The van der Waals surface area contributed by atoms with E-state index in [4.69, 9.17) is 0 Å². The van der Waals surface area contributed by atoms with Crippen molar-refractivity contribution in [2.24, 2.45) is 16.7 Å². The molecule has 0 spiro atoms. The highest BCUT2D eigenvalue weighted by molar-refractivity contribution is 9.10. The third-order valence-electron chi connectivity index (χ3n) is 4.92. The molecule has 92 valence electrons. The summed E-state index contributed by atoms with van der Waals surface area (Å²) in [6.45, 7) is 8.85. The molecule has 1 N–H and O–H groups in total. The lowest BCUT2D eigenvalue weighted by atomic mass is 9.68. The molecule has 3 heteroatoms. The van der Waals surface area contributed by atoms with Crippen molar-refractivity contribution in [2.75, 3.05) is 0 Å². The largest absolute Gasteiger partial charge is 0.351 e. The number of fused-ring (bicyclic) bond motifs is 2. The first-order valence-electron chi connectivity index (χ1n) is 6.22. The number of hydrogen-bond donors (Lipinski definition) is 1. The van der Waals surface area contributed by atoms with Crippen LogP contribution in [0, 0.1) is 16.7 Å². The van der Waals surface area contributed by atoms with Gasteiger partial charge in [0.2, 0.25) is 5.91 Å². The van der Waals surface area contributed by atoms with Crippen LogP contribution in [0.5, 0.6) is 0 Å². The number of rotatable bonds is 2. The van der Waals surface area contributed by atoms with E-state index in [2.05, 4.69) is 42.0 Å². The van der Waals surface area contributed by atoms with Gasteiger partial charge < -0.3 is 5.32 Å². The maximum Gasteiger partial charge on any atom is 0.233 e. The van der Waals surface area contributed by atoms with E-state index in [0.717, 1.165) is 5.92 Å². The minimum atomic E-state index is -0.0916. The van der Waals surface area contributed by atoms with Crippen LogP contribution in [0.15, 0.2) is 0 Å². The molecule has 0 aliphatic heterocycles. The highest BCUT2D eigenvalue weighted by Crippen LogP contribution is 2.62. The van der Waals surface area contributed by atoms with Crippen molar-refractivity contribution in [1.29, 1.82) is 0 Å². The van der Waals surface area contributed by atoms with Crippen LogP contribution in [0.2, 0.25) is 0 Å². The normalized spacial score (nSPS) is 42.1. The molecule has 1 amide bonds. The lowest BCUT2D eigenvalue weighted by Crippen LogP contribution is -2.53. The van der Waals surface area contributed by atoms with Gasteiger partial charge in [-0.15, -0.1) is 0 Å². The van der Waals surface area contributed by atoms with Gasteiger partial charge in [0.1, 0.15) is 0 Å². The van der Waals surface area contributed by atoms with E-state index in [1.54, 1.807) is 0 Å². The second-order valence-electron chi connectivity index (χ2n) is 6.47. The van der Waals surface area contributed by atoms with Crippen LogP contribution < -0.4 is 5.32 Å². The van der Waals surface area contributed by atoms with E-state index in [1.165, 1.54) is 19.3 Å². The van der Waals surface area contributed by atoms with Gasteiger partial charge in [-0.3, -0.25) is 4.79 Å². The Kier molecular flexibility index (Phi) is 2.89. The molecule has 2 nitrogen and oxygen atoms in total. The molecule has 0 aromatic heterocycles. The fraction of sp³-hybridized carbons (Fsp3) is 0.923. The molecule has 0 aromatic rings. The maximum absolute atomic E-state index is 11.8. The Hall–Kier alpha value is -0.0500. The zero-order valence-electron chi connectivity index (χ0n) is 10.6. The lowest BCUT2D eigenvalue weighted by Gasteiger charge is -2.43. The fourth-order valence-corrected chi connectivity index (χ4v) is 4.05. The third-order valence-corrected chi connectivity index (χ3v) is 5.33. The number of amides is 1. The van der Waals surface area contributed by atoms with Gasteiger partial charge in [0.25, 0.3) is 0 Å². The molecule has 2 fully saturated rings. The molecule has 2 rings (SSSR count). The smallest absolute Gasteiger partial charge is 0.233 e. The van der Waals surface area contributed by atoms with Crippen molar-refractivity contribution >= 4 is 21.8 Å². The Balaban J connectivity index is 2.17. The van der Waals surface area contributed by atoms with Crippen LogP contribution in [-0.2, 0) is 4.79 Å². The van der Waals surface area contributed by atoms with E-state index < -0.39 is 0 Å². The molecule has 2 aliphatic carbocycles. The van der Waals surface area contributed by atoms with Crippen molar-refractivity contribution in [3.8, 4) is 0 Å². The molecule has 0 aromatic carbocycles. The predicted molar refractivity (Wildman–Crippen MR) is 69.5 cm³/mol. The molecule has 16 heavy (non-hydrogen) atoms. The fourth-order valence-electron chi connectivity index (χ4n) is 3.92. The van der Waals surface area contributed by atoms with Gasteiger partial charge in [-0.2, -0.15) is 0 Å². The second-order valence-corrected chi connectivity index (χ2v) is 7.85. The molecule has 2 bridgehead atoms. The van der Waals surface area contributed by atoms with Crippen LogP contribution in [0.1, 0.15) is 47.0 Å². The summed E-state index contributed by atoms with van der Waals surface area (Å²) in [5.41, 5.74) is 0.580. The number of hydrogen-bond acceptors (Lipinski definition) is 1. The van der Waals surface area contributed by atoms with E-state index in [1.807, 2.05) is 6.92 Å². The summed E-state index contributed by atoms with van der Waals surface area (Å²) in [5.74, 6) is 0.917.